The monoisotopic (exact) mass is 527 g/mol. The van der Waals surface area contributed by atoms with Crippen molar-refractivity contribution < 1.29 is 9.53 Å². The number of benzene rings is 2. The molecule has 0 bridgehead atoms. The van der Waals surface area contributed by atoms with Crippen molar-refractivity contribution in [1.29, 1.82) is 5.41 Å². The largest absolute Gasteiger partial charge is 0.384 e. The Kier molecular flexibility index (Phi) is 8.80. The Morgan fingerprint density at radius 2 is 1.74 bits per heavy atom. The van der Waals surface area contributed by atoms with Crippen LogP contribution in [0.5, 0.6) is 0 Å². The van der Waals surface area contributed by atoms with E-state index >= 15 is 0 Å². The SMILES string of the molecule is N=C(N)c1cccc(N2CC(COCc3ccccc3)CN(CC3CCN(Cc4cncnc4)CC3)C2=O)c1. The number of nitrogens with zero attached hydrogens (tertiary/aromatic N) is 5. The number of nitrogens with two attached hydrogens (primary N) is 1. The lowest BCUT2D eigenvalue weighted by molar-refractivity contribution is 0.0643. The number of piperidine rings is 1. The zero-order chi connectivity index (χ0) is 27.0. The first-order valence-corrected chi connectivity index (χ1v) is 13.6. The van der Waals surface area contributed by atoms with Crippen LogP contribution in [0.1, 0.15) is 29.5 Å². The summed E-state index contributed by atoms with van der Waals surface area (Å²) in [5.74, 6) is 0.618. The molecule has 0 spiro atoms. The van der Waals surface area contributed by atoms with Crippen LogP contribution in [-0.2, 0) is 17.9 Å². The number of carbonyl (C=O) groups is 1. The van der Waals surface area contributed by atoms with Crippen LogP contribution in [-0.4, -0.2) is 71.0 Å². The number of rotatable bonds is 10. The van der Waals surface area contributed by atoms with Gasteiger partial charge in [0.15, 0.2) is 0 Å². The molecule has 5 rings (SSSR count). The quantitative estimate of drug-likeness (QED) is 0.307. The summed E-state index contributed by atoms with van der Waals surface area (Å²) in [6, 6.07) is 17.6. The summed E-state index contributed by atoms with van der Waals surface area (Å²) in [5.41, 5.74) is 9.40. The number of anilines is 1. The van der Waals surface area contributed by atoms with Gasteiger partial charge >= 0.3 is 6.03 Å². The average Bonchev–Trinajstić information content (AvgIpc) is 2.97. The van der Waals surface area contributed by atoms with E-state index in [1.807, 2.05) is 58.6 Å². The molecule has 1 unspecified atom stereocenters. The van der Waals surface area contributed by atoms with Crippen molar-refractivity contribution in [3.8, 4) is 0 Å². The summed E-state index contributed by atoms with van der Waals surface area (Å²) in [4.78, 5) is 28.3. The van der Waals surface area contributed by atoms with Crippen molar-refractivity contribution in [2.24, 2.45) is 17.6 Å². The van der Waals surface area contributed by atoms with Gasteiger partial charge in [-0.05, 0) is 49.5 Å². The highest BCUT2D eigenvalue weighted by Crippen LogP contribution is 2.27. The maximum atomic E-state index is 13.7. The van der Waals surface area contributed by atoms with E-state index in [1.165, 1.54) is 0 Å². The molecule has 1 atom stereocenters. The van der Waals surface area contributed by atoms with Gasteiger partial charge in [0.05, 0.1) is 13.2 Å². The van der Waals surface area contributed by atoms with Crippen LogP contribution < -0.4 is 10.6 Å². The highest BCUT2D eigenvalue weighted by Gasteiger charge is 2.35. The van der Waals surface area contributed by atoms with Crippen molar-refractivity contribution >= 4 is 17.6 Å². The standard InChI is InChI=1S/C30H37N7O2/c31-29(32)27-7-4-8-28(13-27)37-19-26(21-39-20-24-5-2-1-3-6-24)18-36(30(37)38)17-23-9-11-35(12-10-23)16-25-14-33-22-34-15-25/h1-8,13-15,22-23,26H,9-12,16-21H2,(H3,31,32). The van der Waals surface area contributed by atoms with Crippen LogP contribution in [0.2, 0.25) is 0 Å². The van der Waals surface area contributed by atoms with Crippen molar-refractivity contribution in [1.82, 2.24) is 19.8 Å². The second-order valence-electron chi connectivity index (χ2n) is 10.6. The Morgan fingerprint density at radius 1 is 0.974 bits per heavy atom. The van der Waals surface area contributed by atoms with Crippen molar-refractivity contribution in [2.45, 2.75) is 26.0 Å². The van der Waals surface area contributed by atoms with E-state index in [0.29, 0.717) is 37.8 Å². The molecular formula is C30H37N7O2. The Morgan fingerprint density at radius 3 is 2.49 bits per heavy atom. The number of amidine groups is 1. The maximum Gasteiger partial charge on any atom is 0.324 e. The maximum absolute atomic E-state index is 13.7. The molecule has 0 saturated carbocycles. The fraction of sp³-hybridized carbons (Fsp3) is 0.400. The van der Waals surface area contributed by atoms with Gasteiger partial charge in [-0.25, -0.2) is 14.8 Å². The van der Waals surface area contributed by atoms with Crippen LogP contribution in [0.4, 0.5) is 10.5 Å². The molecule has 39 heavy (non-hydrogen) atoms. The van der Waals surface area contributed by atoms with Gasteiger partial charge in [-0.2, -0.15) is 0 Å². The van der Waals surface area contributed by atoms with Crippen LogP contribution in [0.25, 0.3) is 0 Å². The fourth-order valence-electron chi connectivity index (χ4n) is 5.50. The molecule has 2 aliphatic heterocycles. The predicted molar refractivity (Wildman–Crippen MR) is 151 cm³/mol. The van der Waals surface area contributed by atoms with Gasteiger partial charge < -0.3 is 15.4 Å². The Bertz CT molecular complexity index is 1230. The van der Waals surface area contributed by atoms with Gasteiger partial charge in [0.1, 0.15) is 12.2 Å². The third-order valence-electron chi connectivity index (χ3n) is 7.56. The van der Waals surface area contributed by atoms with E-state index in [0.717, 1.165) is 55.8 Å². The Labute approximate surface area is 230 Å². The topological polar surface area (TPSA) is 112 Å². The number of urea groups is 1. The molecule has 2 saturated heterocycles. The third-order valence-corrected chi connectivity index (χ3v) is 7.56. The molecule has 2 aliphatic rings. The number of carbonyl (C=O) groups excluding carboxylic acids is 1. The zero-order valence-electron chi connectivity index (χ0n) is 22.3. The second kappa shape index (κ2) is 12.8. The zero-order valence-corrected chi connectivity index (χ0v) is 22.3. The van der Waals surface area contributed by atoms with Crippen molar-refractivity contribution in [2.75, 3.05) is 44.2 Å². The molecular weight excluding hydrogens is 490 g/mol. The number of ether oxygens (including phenoxy) is 1. The molecule has 0 aliphatic carbocycles. The van der Waals surface area contributed by atoms with E-state index in [9.17, 15) is 4.79 Å². The molecule has 0 radical (unpaired) electrons. The van der Waals surface area contributed by atoms with Gasteiger partial charge in [0.25, 0.3) is 0 Å². The second-order valence-corrected chi connectivity index (χ2v) is 10.6. The van der Waals surface area contributed by atoms with E-state index in [-0.39, 0.29) is 17.8 Å². The first kappa shape index (κ1) is 26.8. The third kappa shape index (κ3) is 7.19. The van der Waals surface area contributed by atoms with E-state index < -0.39 is 0 Å². The summed E-state index contributed by atoms with van der Waals surface area (Å²) in [6.07, 6.45) is 7.41. The highest BCUT2D eigenvalue weighted by atomic mass is 16.5. The number of amides is 2. The van der Waals surface area contributed by atoms with Gasteiger partial charge in [-0.15, -0.1) is 0 Å². The molecule has 204 valence electrons. The average molecular weight is 528 g/mol. The number of aromatic nitrogens is 2. The lowest BCUT2D eigenvalue weighted by atomic mass is 9.95. The lowest BCUT2D eigenvalue weighted by Gasteiger charge is -2.42. The minimum atomic E-state index is -0.00488. The van der Waals surface area contributed by atoms with Crippen molar-refractivity contribution in [3.05, 3.63) is 90.0 Å². The summed E-state index contributed by atoms with van der Waals surface area (Å²) >= 11 is 0. The minimum Gasteiger partial charge on any atom is -0.384 e. The van der Waals surface area contributed by atoms with E-state index in [1.54, 1.807) is 12.4 Å². The predicted octanol–water partition coefficient (Wildman–Crippen LogP) is 3.75. The van der Waals surface area contributed by atoms with E-state index in [2.05, 4.69) is 27.0 Å². The summed E-state index contributed by atoms with van der Waals surface area (Å²) < 4.78 is 6.11. The van der Waals surface area contributed by atoms with Gasteiger partial charge in [-0.3, -0.25) is 15.2 Å². The van der Waals surface area contributed by atoms with Crippen LogP contribution in [0, 0.1) is 17.2 Å². The Hall–Kier alpha value is -3.82. The summed E-state index contributed by atoms with van der Waals surface area (Å²) in [5, 5.41) is 7.84. The normalized spacial score (nSPS) is 18.9. The van der Waals surface area contributed by atoms with E-state index in [4.69, 9.17) is 15.9 Å². The molecule has 9 nitrogen and oxygen atoms in total. The first-order chi connectivity index (χ1) is 19.0. The van der Waals surface area contributed by atoms with Crippen molar-refractivity contribution in [3.63, 3.8) is 0 Å². The molecule has 3 aromatic rings. The molecule has 2 aromatic carbocycles. The number of nitrogen functional groups attached to an aromatic ring is 1. The highest BCUT2D eigenvalue weighted by molar-refractivity contribution is 5.98. The van der Waals surface area contributed by atoms with Gasteiger partial charge in [0, 0.05) is 61.3 Å². The summed E-state index contributed by atoms with van der Waals surface area (Å²) in [7, 11) is 0. The smallest absolute Gasteiger partial charge is 0.324 e. The molecule has 3 N–H and O–H groups in total. The van der Waals surface area contributed by atoms with Gasteiger partial charge in [0.2, 0.25) is 0 Å². The lowest BCUT2D eigenvalue weighted by Crippen LogP contribution is -2.56. The van der Waals surface area contributed by atoms with Crippen LogP contribution in [0.3, 0.4) is 0 Å². The number of hydrogen-bond donors (Lipinski definition) is 2. The first-order valence-electron chi connectivity index (χ1n) is 13.6. The van der Waals surface area contributed by atoms with Crippen LogP contribution in [0.15, 0.2) is 73.3 Å². The Balaban J connectivity index is 1.23. The summed E-state index contributed by atoms with van der Waals surface area (Å²) in [6.45, 7) is 5.96. The van der Waals surface area contributed by atoms with Gasteiger partial charge in [-0.1, -0.05) is 42.5 Å². The molecule has 2 amide bonds. The molecule has 2 fully saturated rings. The van der Waals surface area contributed by atoms with Crippen LogP contribution >= 0.6 is 0 Å². The molecule has 9 heteroatoms. The number of hydrogen-bond acceptors (Lipinski definition) is 6. The molecule has 3 heterocycles. The fourth-order valence-corrected chi connectivity index (χ4v) is 5.50. The molecule has 1 aromatic heterocycles. The number of nitrogens with one attached hydrogen (secondary N) is 1. The number of likely N-dealkylation sites (tertiary alicyclic amines) is 1. The minimum absolute atomic E-state index is 0.00488.